The summed E-state index contributed by atoms with van der Waals surface area (Å²) in [6.07, 6.45) is 4.62. The van der Waals surface area contributed by atoms with Crippen LogP contribution in [0.25, 0.3) is 0 Å². The maximum absolute atomic E-state index is 13.8. The minimum Gasteiger partial charge on any atom is -0.477 e. The van der Waals surface area contributed by atoms with Gasteiger partial charge in [0, 0.05) is 24.7 Å². The van der Waals surface area contributed by atoms with Crippen molar-refractivity contribution in [2.24, 2.45) is 17.3 Å². The van der Waals surface area contributed by atoms with E-state index in [9.17, 15) is 19.3 Å². The number of anilines is 1. The highest BCUT2D eigenvalue weighted by Crippen LogP contribution is 2.47. The molecule has 8 heteroatoms. The van der Waals surface area contributed by atoms with Gasteiger partial charge in [-0.25, -0.2) is 4.79 Å². The van der Waals surface area contributed by atoms with E-state index in [4.69, 9.17) is 4.52 Å². The Morgan fingerprint density at radius 2 is 1.79 bits per heavy atom. The summed E-state index contributed by atoms with van der Waals surface area (Å²) in [7, 11) is -2.76. The molecule has 1 heterocycles. The first-order valence-electron chi connectivity index (χ1n) is 11.7. The van der Waals surface area contributed by atoms with E-state index < -0.39 is 13.3 Å². The number of rotatable bonds is 6. The Balaban J connectivity index is 2.02. The van der Waals surface area contributed by atoms with Crippen LogP contribution in [0.5, 0.6) is 0 Å². The van der Waals surface area contributed by atoms with Gasteiger partial charge in [-0.05, 0) is 71.3 Å². The summed E-state index contributed by atoms with van der Waals surface area (Å²) in [6, 6.07) is 1.42. The zero-order valence-electron chi connectivity index (χ0n) is 20.5. The molecular formula is C25H36NO5PS. The van der Waals surface area contributed by atoms with E-state index in [2.05, 4.69) is 18.8 Å². The third-order valence-corrected chi connectivity index (χ3v) is 8.03. The lowest BCUT2D eigenvalue weighted by Gasteiger charge is -2.45. The van der Waals surface area contributed by atoms with Gasteiger partial charge in [0.2, 0.25) is 5.91 Å². The van der Waals surface area contributed by atoms with Gasteiger partial charge in [0.05, 0.1) is 22.7 Å². The second kappa shape index (κ2) is 9.94. The highest BCUT2D eigenvalue weighted by atomic mass is 32.1. The molecule has 2 aliphatic rings. The van der Waals surface area contributed by atoms with Crippen molar-refractivity contribution in [1.29, 1.82) is 0 Å². The fraction of sp³-hybridized carbons (Fsp3) is 0.680. The van der Waals surface area contributed by atoms with E-state index in [0.717, 1.165) is 37.0 Å². The molecule has 2 unspecified atom stereocenters. The Labute approximate surface area is 201 Å². The molecule has 0 aliphatic heterocycles. The summed E-state index contributed by atoms with van der Waals surface area (Å²) in [5.41, 5.74) is 0.174. The number of amides is 1. The molecule has 2 fully saturated rings. The molecular weight excluding hydrogens is 457 g/mol. The first-order chi connectivity index (χ1) is 15.2. The molecule has 2 aliphatic carbocycles. The number of hydrogen-bond acceptors (Lipinski definition) is 5. The number of hydrogen-bond donors (Lipinski definition) is 1. The minimum absolute atomic E-state index is 0.0436. The number of carboxylic acids is 1. The van der Waals surface area contributed by atoms with Gasteiger partial charge >= 0.3 is 5.97 Å². The van der Waals surface area contributed by atoms with Crippen molar-refractivity contribution in [2.75, 3.05) is 18.2 Å². The van der Waals surface area contributed by atoms with Crippen molar-refractivity contribution in [2.45, 2.75) is 78.4 Å². The number of carbonyl (C=O) groups excluding carboxylic acids is 1. The second-order valence-corrected chi connectivity index (χ2v) is 14.6. The van der Waals surface area contributed by atoms with Crippen LogP contribution < -0.4 is 4.90 Å². The average molecular weight is 494 g/mol. The van der Waals surface area contributed by atoms with E-state index in [0.29, 0.717) is 29.3 Å². The lowest BCUT2D eigenvalue weighted by Crippen LogP contribution is -2.56. The van der Waals surface area contributed by atoms with Crippen molar-refractivity contribution in [3.63, 3.8) is 0 Å². The topological polar surface area (TPSA) is 83.9 Å². The first kappa shape index (κ1) is 26.0. The van der Waals surface area contributed by atoms with E-state index in [1.165, 1.54) is 0 Å². The first-order valence-corrected chi connectivity index (χ1v) is 15.1. The number of aromatic carboxylic acids is 1. The van der Waals surface area contributed by atoms with E-state index in [1.807, 2.05) is 20.8 Å². The third kappa shape index (κ3) is 6.72. The van der Waals surface area contributed by atoms with Crippen LogP contribution in [0.1, 0.15) is 80.8 Å². The third-order valence-electron chi connectivity index (χ3n) is 6.23. The Hall–Kier alpha value is -1.61. The Kier molecular flexibility index (Phi) is 7.83. The molecule has 0 aromatic carbocycles. The number of nitrogens with zero attached hydrogens (tertiary/aromatic N) is 1. The van der Waals surface area contributed by atoms with Gasteiger partial charge in [0.15, 0.2) is 7.37 Å². The fourth-order valence-corrected chi connectivity index (χ4v) is 6.12. The van der Waals surface area contributed by atoms with Crippen LogP contribution in [0.3, 0.4) is 0 Å². The monoisotopic (exact) mass is 493 g/mol. The van der Waals surface area contributed by atoms with Crippen LogP contribution in [0, 0.1) is 29.1 Å². The van der Waals surface area contributed by atoms with Crippen molar-refractivity contribution < 1.29 is 23.8 Å². The Morgan fingerprint density at radius 1 is 1.15 bits per heavy atom. The van der Waals surface area contributed by atoms with E-state index in [-0.39, 0.29) is 34.3 Å². The number of carbonyl (C=O) groups is 2. The molecule has 1 aromatic rings. The van der Waals surface area contributed by atoms with Crippen LogP contribution >= 0.6 is 18.7 Å². The summed E-state index contributed by atoms with van der Waals surface area (Å²) in [4.78, 5) is 28.4. The van der Waals surface area contributed by atoms with Crippen LogP contribution in [-0.2, 0) is 13.9 Å². The molecule has 2 atom stereocenters. The smallest absolute Gasteiger partial charge is 0.348 e. The second-order valence-electron chi connectivity index (χ2n) is 10.8. The average Bonchev–Trinajstić information content (AvgIpc) is 3.11. The highest BCUT2D eigenvalue weighted by Gasteiger charge is 2.44. The zero-order valence-corrected chi connectivity index (χ0v) is 22.2. The van der Waals surface area contributed by atoms with Gasteiger partial charge in [0.1, 0.15) is 4.88 Å². The predicted molar refractivity (Wildman–Crippen MR) is 134 cm³/mol. The quantitative estimate of drug-likeness (QED) is 0.383. The maximum atomic E-state index is 13.8. The van der Waals surface area contributed by atoms with Gasteiger partial charge in [-0.15, -0.1) is 11.3 Å². The Bertz CT molecular complexity index is 1000. The van der Waals surface area contributed by atoms with Crippen molar-refractivity contribution >= 4 is 36.3 Å². The normalized spacial score (nSPS) is 25.5. The molecule has 1 N–H and O–H groups in total. The molecule has 0 radical (unpaired) electrons. The van der Waals surface area contributed by atoms with Gasteiger partial charge in [0.25, 0.3) is 0 Å². The van der Waals surface area contributed by atoms with Gasteiger partial charge in [-0.2, -0.15) is 0 Å². The summed E-state index contributed by atoms with van der Waals surface area (Å²) >= 11 is 1.10. The van der Waals surface area contributed by atoms with Crippen LogP contribution in [0.2, 0.25) is 0 Å². The highest BCUT2D eigenvalue weighted by molar-refractivity contribution is 7.57. The zero-order chi connectivity index (χ0) is 24.6. The summed E-state index contributed by atoms with van der Waals surface area (Å²) in [5, 5.41) is 9.96. The predicted octanol–water partition coefficient (Wildman–Crippen LogP) is 6.09. The lowest BCUT2D eigenvalue weighted by atomic mass is 9.80. The largest absolute Gasteiger partial charge is 0.477 e. The minimum atomic E-state index is -2.76. The molecule has 0 saturated heterocycles. The van der Waals surface area contributed by atoms with Gasteiger partial charge in [-0.3, -0.25) is 9.36 Å². The van der Waals surface area contributed by atoms with Crippen molar-refractivity contribution in [3.8, 4) is 11.8 Å². The molecule has 1 aromatic heterocycles. The molecule has 0 bridgehead atoms. The summed E-state index contributed by atoms with van der Waals surface area (Å²) < 4.78 is 18.2. The standard InChI is InChI=1S/C25H36NO5PS/c1-16-7-9-17(10-8-16)23(27)26(19-11-12-21(19)31-32(5,6)30)20-15-18(13-14-25(2,3)4)33-22(20)24(28)29/h15-17,19,21H,7-12H2,1-6H3,(H,28,29)/t16-,17+,19?,21?. The molecule has 2 saturated carbocycles. The van der Waals surface area contributed by atoms with E-state index in [1.54, 1.807) is 24.3 Å². The molecule has 0 spiro atoms. The maximum Gasteiger partial charge on any atom is 0.348 e. The fourth-order valence-electron chi connectivity index (χ4n) is 4.39. The Morgan fingerprint density at radius 3 is 2.27 bits per heavy atom. The summed E-state index contributed by atoms with van der Waals surface area (Å²) in [5.74, 6) is 5.60. The van der Waals surface area contributed by atoms with Crippen molar-refractivity contribution in [1.82, 2.24) is 0 Å². The molecule has 33 heavy (non-hydrogen) atoms. The molecule has 3 rings (SSSR count). The SMILES string of the molecule is CC(C)(C)C#Cc1cc(N(C(=O)[C@H]2CC[C@@H](C)CC2)C2CCC2OP(C)(C)=O)c(C(=O)O)s1. The molecule has 1 amide bonds. The van der Waals surface area contributed by atoms with Crippen LogP contribution in [0.4, 0.5) is 5.69 Å². The number of thiophene rings is 1. The van der Waals surface area contributed by atoms with E-state index >= 15 is 0 Å². The molecule has 6 nitrogen and oxygen atoms in total. The van der Waals surface area contributed by atoms with Crippen LogP contribution in [0.15, 0.2) is 6.07 Å². The van der Waals surface area contributed by atoms with Gasteiger partial charge in [-0.1, -0.05) is 18.8 Å². The van der Waals surface area contributed by atoms with Gasteiger partial charge < -0.3 is 14.5 Å². The van der Waals surface area contributed by atoms with Crippen LogP contribution in [-0.4, -0.2) is 42.5 Å². The lowest BCUT2D eigenvalue weighted by molar-refractivity contribution is -0.125. The van der Waals surface area contributed by atoms with Crippen molar-refractivity contribution in [3.05, 3.63) is 15.8 Å². The number of carboxylic acid groups (broad SMARTS) is 1. The molecule has 182 valence electrons. The summed E-state index contributed by atoms with van der Waals surface area (Å²) in [6.45, 7) is 11.3.